The van der Waals surface area contributed by atoms with Gasteiger partial charge in [-0.1, -0.05) is 6.92 Å². The molecule has 0 radical (unpaired) electrons. The first-order chi connectivity index (χ1) is 10.2. The lowest BCUT2D eigenvalue weighted by Crippen LogP contribution is -2.26. The Hall–Kier alpha value is -0.960. The van der Waals surface area contributed by atoms with E-state index in [0.29, 0.717) is 5.92 Å². The predicted molar refractivity (Wildman–Crippen MR) is 78.7 cm³/mol. The molecule has 3 aliphatic carbocycles. The average Bonchev–Trinajstić information content (AvgIpc) is 2.86. The van der Waals surface area contributed by atoms with Gasteiger partial charge in [0.25, 0.3) is 0 Å². The van der Waals surface area contributed by atoms with Gasteiger partial charge in [0.15, 0.2) is 0 Å². The van der Waals surface area contributed by atoms with Crippen molar-refractivity contribution in [2.75, 3.05) is 6.54 Å². The summed E-state index contributed by atoms with van der Waals surface area (Å²) in [4.78, 5) is 0. The van der Waals surface area contributed by atoms with Gasteiger partial charge in [-0.25, -0.2) is 8.78 Å². The van der Waals surface area contributed by atoms with Crippen molar-refractivity contribution in [3.05, 3.63) is 35.4 Å². The van der Waals surface area contributed by atoms with Crippen molar-refractivity contribution in [2.24, 2.45) is 29.6 Å². The summed E-state index contributed by atoms with van der Waals surface area (Å²) in [5.41, 5.74) is 0.805. The first-order valence-corrected chi connectivity index (χ1v) is 8.38. The number of fused-ring (bicyclic) bond motifs is 5. The number of rotatable bonds is 5. The number of benzene rings is 1. The third kappa shape index (κ3) is 2.21. The van der Waals surface area contributed by atoms with Crippen LogP contribution in [0.15, 0.2) is 18.2 Å². The Labute approximate surface area is 125 Å². The molecule has 1 nitrogen and oxygen atoms in total. The van der Waals surface area contributed by atoms with Crippen molar-refractivity contribution in [1.29, 1.82) is 0 Å². The van der Waals surface area contributed by atoms with Crippen LogP contribution in [0.2, 0.25) is 0 Å². The molecule has 5 atom stereocenters. The summed E-state index contributed by atoms with van der Waals surface area (Å²) >= 11 is 0. The van der Waals surface area contributed by atoms with Gasteiger partial charge in [0, 0.05) is 12.1 Å². The minimum Gasteiger partial charge on any atom is -0.310 e. The highest BCUT2D eigenvalue weighted by atomic mass is 19.1. The van der Waals surface area contributed by atoms with E-state index in [4.69, 9.17) is 0 Å². The highest BCUT2D eigenvalue weighted by molar-refractivity contribution is 5.27. The van der Waals surface area contributed by atoms with Gasteiger partial charge in [-0.05, 0) is 79.5 Å². The molecule has 5 unspecified atom stereocenters. The van der Waals surface area contributed by atoms with Crippen molar-refractivity contribution < 1.29 is 8.78 Å². The molecule has 0 saturated heterocycles. The van der Waals surface area contributed by atoms with Crippen LogP contribution in [0.25, 0.3) is 0 Å². The molecule has 0 amide bonds. The quantitative estimate of drug-likeness (QED) is 0.853. The maximum absolute atomic E-state index is 13.6. The van der Waals surface area contributed by atoms with Crippen LogP contribution in [-0.4, -0.2) is 6.54 Å². The van der Waals surface area contributed by atoms with Crippen molar-refractivity contribution in [3.8, 4) is 0 Å². The van der Waals surface area contributed by atoms with Gasteiger partial charge < -0.3 is 5.32 Å². The maximum atomic E-state index is 13.6. The Bertz CT molecular complexity index is 508. The summed E-state index contributed by atoms with van der Waals surface area (Å²) in [7, 11) is 0. The van der Waals surface area contributed by atoms with Gasteiger partial charge in [0.05, 0.1) is 0 Å². The van der Waals surface area contributed by atoms with E-state index >= 15 is 0 Å². The van der Waals surface area contributed by atoms with Crippen molar-refractivity contribution in [2.45, 2.75) is 38.6 Å². The molecule has 3 fully saturated rings. The molecule has 1 aromatic carbocycles. The molecule has 4 rings (SSSR count). The Balaban J connectivity index is 1.60. The topological polar surface area (TPSA) is 12.0 Å². The molecule has 2 bridgehead atoms. The van der Waals surface area contributed by atoms with Crippen molar-refractivity contribution in [1.82, 2.24) is 5.32 Å². The predicted octanol–water partition coefficient (Wildman–Crippen LogP) is 4.30. The van der Waals surface area contributed by atoms with Crippen molar-refractivity contribution in [3.63, 3.8) is 0 Å². The fourth-order valence-electron chi connectivity index (χ4n) is 5.37. The zero-order valence-electron chi connectivity index (χ0n) is 12.5. The molecule has 0 aliphatic heterocycles. The normalized spacial score (nSPS) is 37.6. The van der Waals surface area contributed by atoms with Gasteiger partial charge in [-0.15, -0.1) is 0 Å². The third-order valence-electron chi connectivity index (χ3n) is 6.04. The second kappa shape index (κ2) is 5.05. The average molecular weight is 291 g/mol. The monoisotopic (exact) mass is 291 g/mol. The van der Waals surface area contributed by atoms with Crippen LogP contribution < -0.4 is 5.32 Å². The standard InChI is InChI=1S/C18H23F2N/c1-2-5-21-18(12-7-13(19)9-14(20)8-12)17-15-10-3-4-11(6-10)16(15)17/h7-11,15-18,21H,2-6H2,1H3. The summed E-state index contributed by atoms with van der Waals surface area (Å²) in [6.45, 7) is 3.04. The van der Waals surface area contributed by atoms with Gasteiger partial charge in [-0.2, -0.15) is 0 Å². The third-order valence-corrected chi connectivity index (χ3v) is 6.04. The first kappa shape index (κ1) is 13.7. The second-order valence-electron chi connectivity index (χ2n) is 7.20. The van der Waals surface area contributed by atoms with Crippen LogP contribution in [0.3, 0.4) is 0 Å². The minimum absolute atomic E-state index is 0.133. The van der Waals surface area contributed by atoms with E-state index in [0.717, 1.165) is 48.3 Å². The number of nitrogens with one attached hydrogen (secondary N) is 1. The molecule has 0 spiro atoms. The van der Waals surface area contributed by atoms with Gasteiger partial charge in [-0.3, -0.25) is 0 Å². The van der Waals surface area contributed by atoms with Crippen LogP contribution >= 0.6 is 0 Å². The largest absolute Gasteiger partial charge is 0.310 e. The molecule has 3 aliphatic rings. The summed E-state index contributed by atoms with van der Waals surface area (Å²) in [6.07, 6.45) is 5.20. The van der Waals surface area contributed by atoms with E-state index in [1.807, 2.05) is 0 Å². The Morgan fingerprint density at radius 2 is 1.71 bits per heavy atom. The fourth-order valence-corrected chi connectivity index (χ4v) is 5.37. The lowest BCUT2D eigenvalue weighted by Gasteiger charge is -2.22. The van der Waals surface area contributed by atoms with E-state index in [2.05, 4.69) is 12.2 Å². The van der Waals surface area contributed by atoms with Gasteiger partial charge in [0.2, 0.25) is 0 Å². The Morgan fingerprint density at radius 1 is 1.10 bits per heavy atom. The van der Waals surface area contributed by atoms with Gasteiger partial charge in [0.1, 0.15) is 11.6 Å². The van der Waals surface area contributed by atoms with E-state index in [1.165, 1.54) is 31.4 Å². The first-order valence-electron chi connectivity index (χ1n) is 8.38. The summed E-state index contributed by atoms with van der Waals surface area (Å²) in [5, 5.41) is 3.57. The fraction of sp³-hybridized carbons (Fsp3) is 0.667. The number of hydrogen-bond donors (Lipinski definition) is 1. The zero-order chi connectivity index (χ0) is 14.6. The number of halogens is 2. The number of hydrogen-bond acceptors (Lipinski definition) is 1. The molecule has 3 saturated carbocycles. The highest BCUT2D eigenvalue weighted by Crippen LogP contribution is 2.72. The van der Waals surface area contributed by atoms with Crippen LogP contribution in [-0.2, 0) is 0 Å². The molecule has 1 N–H and O–H groups in total. The molecule has 114 valence electrons. The molecule has 3 heteroatoms. The van der Waals surface area contributed by atoms with E-state index in [-0.39, 0.29) is 6.04 Å². The second-order valence-corrected chi connectivity index (χ2v) is 7.20. The van der Waals surface area contributed by atoms with E-state index < -0.39 is 11.6 Å². The Kier molecular flexibility index (Phi) is 3.29. The SMILES string of the molecule is CCCNC(c1cc(F)cc(F)c1)C1C2C3CCC(C3)C21. The van der Waals surface area contributed by atoms with Crippen LogP contribution in [0.4, 0.5) is 8.78 Å². The highest BCUT2D eigenvalue weighted by Gasteiger charge is 2.66. The van der Waals surface area contributed by atoms with Crippen molar-refractivity contribution >= 4 is 0 Å². The summed E-state index contributed by atoms with van der Waals surface area (Å²) in [5.74, 6) is 3.07. The van der Waals surface area contributed by atoms with E-state index in [9.17, 15) is 8.78 Å². The van der Waals surface area contributed by atoms with Gasteiger partial charge >= 0.3 is 0 Å². The maximum Gasteiger partial charge on any atom is 0.126 e. The lowest BCUT2D eigenvalue weighted by atomic mass is 9.92. The minimum atomic E-state index is -0.456. The zero-order valence-corrected chi connectivity index (χ0v) is 12.5. The van der Waals surface area contributed by atoms with Crippen LogP contribution in [0.5, 0.6) is 0 Å². The van der Waals surface area contributed by atoms with Crippen LogP contribution in [0.1, 0.15) is 44.2 Å². The lowest BCUT2D eigenvalue weighted by molar-refractivity contribution is 0.368. The Morgan fingerprint density at radius 3 is 2.29 bits per heavy atom. The summed E-state index contributed by atoms with van der Waals surface area (Å²) in [6, 6.07) is 4.14. The molecule has 0 aromatic heterocycles. The van der Waals surface area contributed by atoms with E-state index in [1.54, 1.807) is 0 Å². The van der Waals surface area contributed by atoms with Crippen LogP contribution in [0, 0.1) is 41.2 Å². The molecule has 0 heterocycles. The molecule has 21 heavy (non-hydrogen) atoms. The molecule has 1 aromatic rings. The molecular weight excluding hydrogens is 268 g/mol. The summed E-state index contributed by atoms with van der Waals surface area (Å²) < 4.78 is 27.2. The molecular formula is C18H23F2N. The smallest absolute Gasteiger partial charge is 0.126 e.